The summed E-state index contributed by atoms with van der Waals surface area (Å²) in [5.74, 6) is -0.0503. The minimum Gasteiger partial charge on any atom is -0.324 e. The van der Waals surface area contributed by atoms with Crippen LogP contribution in [0.25, 0.3) is 0 Å². The average molecular weight is 365 g/mol. The summed E-state index contributed by atoms with van der Waals surface area (Å²) < 4.78 is 0. The van der Waals surface area contributed by atoms with Gasteiger partial charge >= 0.3 is 0 Å². The predicted molar refractivity (Wildman–Crippen MR) is 102 cm³/mol. The molecule has 24 heavy (non-hydrogen) atoms. The van der Waals surface area contributed by atoms with E-state index in [2.05, 4.69) is 17.4 Å². The first kappa shape index (κ1) is 18.8. The maximum Gasteiger partial charge on any atom is 0.238 e. The first-order chi connectivity index (χ1) is 11.3. The number of carbonyl (C=O) groups is 1. The van der Waals surface area contributed by atoms with Gasteiger partial charge in [-0.25, -0.2) is 0 Å². The highest BCUT2D eigenvalue weighted by Crippen LogP contribution is 2.26. The largest absolute Gasteiger partial charge is 0.324 e. The van der Waals surface area contributed by atoms with E-state index >= 15 is 0 Å². The fourth-order valence-electron chi connectivity index (χ4n) is 2.82. The number of benzene rings is 2. The Hall–Kier alpha value is -1.55. The lowest BCUT2D eigenvalue weighted by Crippen LogP contribution is -2.30. The van der Waals surface area contributed by atoms with Crippen LogP contribution in [0, 0.1) is 20.8 Å². The van der Waals surface area contributed by atoms with Gasteiger partial charge in [-0.2, -0.15) is 0 Å². The number of hydrogen-bond donors (Lipinski definition) is 1. The molecule has 0 aliphatic heterocycles. The highest BCUT2D eigenvalue weighted by molar-refractivity contribution is 6.42. The Bertz CT molecular complexity index is 736. The van der Waals surface area contributed by atoms with E-state index in [1.807, 2.05) is 44.9 Å². The van der Waals surface area contributed by atoms with Crippen molar-refractivity contribution in [2.75, 3.05) is 18.9 Å². The number of halogens is 2. The Morgan fingerprint density at radius 2 is 1.75 bits per heavy atom. The van der Waals surface area contributed by atoms with Crippen LogP contribution in [-0.2, 0) is 11.3 Å². The third kappa shape index (κ3) is 4.73. The molecule has 0 saturated carbocycles. The second-order valence-corrected chi connectivity index (χ2v) is 6.99. The summed E-state index contributed by atoms with van der Waals surface area (Å²) in [6, 6.07) is 9.66. The molecule has 1 N–H and O–H groups in total. The van der Waals surface area contributed by atoms with E-state index in [0.717, 1.165) is 22.4 Å². The lowest BCUT2D eigenvalue weighted by Gasteiger charge is -2.19. The van der Waals surface area contributed by atoms with Gasteiger partial charge in [-0.05, 0) is 50.6 Å². The van der Waals surface area contributed by atoms with Gasteiger partial charge in [-0.1, -0.05) is 53.0 Å². The number of hydrogen-bond acceptors (Lipinski definition) is 2. The second-order valence-electron chi connectivity index (χ2n) is 6.21. The molecule has 0 heterocycles. The summed E-state index contributed by atoms with van der Waals surface area (Å²) in [5, 5.41) is 4.07. The zero-order chi connectivity index (χ0) is 17.9. The highest BCUT2D eigenvalue weighted by Gasteiger charge is 2.13. The van der Waals surface area contributed by atoms with E-state index in [-0.39, 0.29) is 12.5 Å². The third-order valence-corrected chi connectivity index (χ3v) is 4.68. The highest BCUT2D eigenvalue weighted by atomic mass is 35.5. The van der Waals surface area contributed by atoms with Crippen LogP contribution < -0.4 is 5.32 Å². The Morgan fingerprint density at radius 1 is 1.12 bits per heavy atom. The van der Waals surface area contributed by atoms with Gasteiger partial charge in [0.05, 0.1) is 16.6 Å². The fourth-order valence-corrected chi connectivity index (χ4v) is 3.20. The standard InChI is InChI=1S/C19H22Cl2N2O/c1-12-8-13(2)19(14(3)9-12)22-17(24)11-23(4)10-15-6-5-7-16(20)18(15)21/h5-9H,10-11H2,1-4H3,(H,22,24). The summed E-state index contributed by atoms with van der Waals surface area (Å²) in [7, 11) is 1.88. The molecule has 0 unspecified atom stereocenters. The molecule has 0 radical (unpaired) electrons. The van der Waals surface area contributed by atoms with Crippen LogP contribution in [0.2, 0.25) is 10.0 Å². The molecule has 0 atom stereocenters. The van der Waals surface area contributed by atoms with E-state index in [4.69, 9.17) is 23.2 Å². The molecule has 0 saturated heterocycles. The molecule has 0 aliphatic rings. The molecular formula is C19H22Cl2N2O. The summed E-state index contributed by atoms with van der Waals surface area (Å²) >= 11 is 12.2. The minimum absolute atomic E-state index is 0.0503. The molecule has 0 spiro atoms. The van der Waals surface area contributed by atoms with Crippen molar-refractivity contribution < 1.29 is 4.79 Å². The quantitative estimate of drug-likeness (QED) is 0.810. The predicted octanol–water partition coefficient (Wildman–Crippen LogP) is 4.99. The fraction of sp³-hybridized carbons (Fsp3) is 0.316. The number of anilines is 1. The van der Waals surface area contributed by atoms with Crippen LogP contribution >= 0.6 is 23.2 Å². The molecule has 3 nitrogen and oxygen atoms in total. The van der Waals surface area contributed by atoms with Crippen molar-refractivity contribution >= 4 is 34.8 Å². The molecule has 0 aliphatic carbocycles. The van der Waals surface area contributed by atoms with Gasteiger partial charge < -0.3 is 5.32 Å². The zero-order valence-corrected chi connectivity index (χ0v) is 15.9. The minimum atomic E-state index is -0.0503. The molecule has 5 heteroatoms. The third-order valence-electron chi connectivity index (χ3n) is 3.83. The first-order valence-electron chi connectivity index (χ1n) is 7.77. The molecule has 128 valence electrons. The molecular weight excluding hydrogens is 343 g/mol. The van der Waals surface area contributed by atoms with Crippen molar-refractivity contribution in [2.45, 2.75) is 27.3 Å². The smallest absolute Gasteiger partial charge is 0.238 e. The maximum atomic E-state index is 12.3. The Morgan fingerprint density at radius 3 is 2.38 bits per heavy atom. The Kier molecular flexibility index (Phi) is 6.27. The number of nitrogens with zero attached hydrogens (tertiary/aromatic N) is 1. The van der Waals surface area contributed by atoms with Crippen LogP contribution in [0.15, 0.2) is 30.3 Å². The zero-order valence-electron chi connectivity index (χ0n) is 14.4. The normalized spacial score (nSPS) is 11.0. The van der Waals surface area contributed by atoms with Gasteiger partial charge in [0.1, 0.15) is 0 Å². The van der Waals surface area contributed by atoms with E-state index in [1.165, 1.54) is 5.56 Å². The molecule has 0 aromatic heterocycles. The topological polar surface area (TPSA) is 32.3 Å². The van der Waals surface area contributed by atoms with E-state index in [9.17, 15) is 4.79 Å². The number of amides is 1. The number of likely N-dealkylation sites (N-methyl/N-ethyl adjacent to an activating group) is 1. The van der Waals surface area contributed by atoms with Crippen molar-refractivity contribution in [2.24, 2.45) is 0 Å². The number of carbonyl (C=O) groups excluding carboxylic acids is 1. The molecule has 0 bridgehead atoms. The van der Waals surface area contributed by atoms with E-state index in [0.29, 0.717) is 16.6 Å². The van der Waals surface area contributed by atoms with Crippen molar-refractivity contribution in [3.05, 3.63) is 62.6 Å². The monoisotopic (exact) mass is 364 g/mol. The lowest BCUT2D eigenvalue weighted by atomic mass is 10.1. The Labute approximate surface area is 153 Å². The van der Waals surface area contributed by atoms with E-state index < -0.39 is 0 Å². The maximum absolute atomic E-state index is 12.3. The van der Waals surface area contributed by atoms with Crippen molar-refractivity contribution in [3.8, 4) is 0 Å². The number of rotatable bonds is 5. The van der Waals surface area contributed by atoms with Crippen LogP contribution in [0.1, 0.15) is 22.3 Å². The van der Waals surface area contributed by atoms with Crippen LogP contribution in [0.3, 0.4) is 0 Å². The molecule has 2 rings (SSSR count). The summed E-state index contributed by atoms with van der Waals surface area (Å²) in [6.45, 7) is 6.89. The molecule has 2 aromatic carbocycles. The summed E-state index contributed by atoms with van der Waals surface area (Å²) in [5.41, 5.74) is 5.13. The van der Waals surface area contributed by atoms with Gasteiger partial charge in [-0.15, -0.1) is 0 Å². The lowest BCUT2D eigenvalue weighted by molar-refractivity contribution is -0.117. The Balaban J connectivity index is 2.01. The first-order valence-corrected chi connectivity index (χ1v) is 8.52. The summed E-state index contributed by atoms with van der Waals surface area (Å²) in [6.07, 6.45) is 0. The van der Waals surface area contributed by atoms with Crippen LogP contribution in [-0.4, -0.2) is 24.4 Å². The molecule has 0 fully saturated rings. The van der Waals surface area contributed by atoms with Crippen molar-refractivity contribution in [3.63, 3.8) is 0 Å². The van der Waals surface area contributed by atoms with E-state index in [1.54, 1.807) is 6.07 Å². The summed E-state index contributed by atoms with van der Waals surface area (Å²) in [4.78, 5) is 14.3. The van der Waals surface area contributed by atoms with Crippen molar-refractivity contribution in [1.82, 2.24) is 4.90 Å². The molecule has 2 aromatic rings. The van der Waals surface area contributed by atoms with Gasteiger partial charge in [0.15, 0.2) is 0 Å². The van der Waals surface area contributed by atoms with Crippen LogP contribution in [0.4, 0.5) is 5.69 Å². The van der Waals surface area contributed by atoms with Crippen molar-refractivity contribution in [1.29, 1.82) is 0 Å². The van der Waals surface area contributed by atoms with Gasteiger partial charge in [0.2, 0.25) is 5.91 Å². The average Bonchev–Trinajstić information content (AvgIpc) is 2.47. The number of nitrogens with one attached hydrogen (secondary N) is 1. The van der Waals surface area contributed by atoms with Gasteiger partial charge in [0.25, 0.3) is 0 Å². The second kappa shape index (κ2) is 8.02. The van der Waals surface area contributed by atoms with Gasteiger partial charge in [0, 0.05) is 12.2 Å². The SMILES string of the molecule is Cc1cc(C)c(NC(=O)CN(C)Cc2cccc(Cl)c2Cl)c(C)c1. The van der Waals surface area contributed by atoms with Crippen LogP contribution in [0.5, 0.6) is 0 Å². The molecule has 1 amide bonds. The van der Waals surface area contributed by atoms with Gasteiger partial charge in [-0.3, -0.25) is 9.69 Å². The number of aryl methyl sites for hydroxylation is 3.